The second kappa shape index (κ2) is 2.72. The van der Waals surface area contributed by atoms with Crippen molar-refractivity contribution in [3.63, 3.8) is 0 Å². The fourth-order valence-electron chi connectivity index (χ4n) is 2.00. The van der Waals surface area contributed by atoms with E-state index in [1.165, 1.54) is 12.8 Å². The smallest absolute Gasteiger partial charge is 0.166 e. The summed E-state index contributed by atoms with van der Waals surface area (Å²) >= 11 is 0. The average Bonchev–Trinajstić information content (AvgIpc) is 2.84. The topological polar surface area (TPSA) is 22.0 Å². The van der Waals surface area contributed by atoms with Crippen LogP contribution in [0.25, 0.3) is 0 Å². The Balaban J connectivity index is 2.37. The number of nitrogens with zero attached hydrogens (tertiary/aromatic N) is 1. The predicted molar refractivity (Wildman–Crippen MR) is 51.9 cm³/mol. The van der Waals surface area contributed by atoms with Crippen LogP contribution >= 0.6 is 0 Å². The van der Waals surface area contributed by atoms with Gasteiger partial charge in [0, 0.05) is 11.7 Å². The Bertz CT molecular complexity index is 321. The molecule has 2 heteroatoms. The van der Waals surface area contributed by atoms with E-state index in [9.17, 15) is 4.79 Å². The lowest BCUT2D eigenvalue weighted by Gasteiger charge is -2.28. The van der Waals surface area contributed by atoms with E-state index < -0.39 is 0 Å². The number of aldehydes is 1. The molecule has 0 bridgehead atoms. The Kier molecular flexibility index (Phi) is 1.79. The molecule has 0 radical (unpaired) electrons. The van der Waals surface area contributed by atoms with Gasteiger partial charge in [-0.05, 0) is 44.7 Å². The van der Waals surface area contributed by atoms with Gasteiger partial charge in [0.2, 0.25) is 0 Å². The van der Waals surface area contributed by atoms with Crippen LogP contribution in [0.1, 0.15) is 37.2 Å². The number of hydrogen-bond acceptors (Lipinski definition) is 1. The summed E-state index contributed by atoms with van der Waals surface area (Å²) in [5, 5.41) is 0. The standard InChI is InChI=1S/C11H15NO/c1-11(2,9-5-6-9)12-7-3-4-10(12)8-13/h3-4,7-9H,5-6H2,1-2H3. The van der Waals surface area contributed by atoms with E-state index in [0.29, 0.717) is 0 Å². The van der Waals surface area contributed by atoms with Crippen molar-refractivity contribution in [1.82, 2.24) is 4.57 Å². The lowest BCUT2D eigenvalue weighted by Crippen LogP contribution is -2.29. The molecule has 1 aliphatic rings. The Labute approximate surface area is 78.6 Å². The molecule has 13 heavy (non-hydrogen) atoms. The van der Waals surface area contributed by atoms with Gasteiger partial charge >= 0.3 is 0 Å². The fraction of sp³-hybridized carbons (Fsp3) is 0.545. The SMILES string of the molecule is CC(C)(C1CC1)n1cccc1C=O. The summed E-state index contributed by atoms with van der Waals surface area (Å²) in [4.78, 5) is 10.8. The molecule has 2 rings (SSSR count). The first kappa shape index (κ1) is 8.54. The summed E-state index contributed by atoms with van der Waals surface area (Å²) in [5.74, 6) is 0.749. The Morgan fingerprint density at radius 1 is 1.54 bits per heavy atom. The molecule has 0 N–H and O–H groups in total. The number of rotatable bonds is 3. The zero-order chi connectivity index (χ0) is 9.47. The van der Waals surface area contributed by atoms with E-state index in [1.807, 2.05) is 18.3 Å². The van der Waals surface area contributed by atoms with E-state index >= 15 is 0 Å². The van der Waals surface area contributed by atoms with Crippen molar-refractivity contribution in [2.24, 2.45) is 5.92 Å². The third-order valence-corrected chi connectivity index (χ3v) is 3.10. The summed E-state index contributed by atoms with van der Waals surface area (Å²) in [7, 11) is 0. The molecule has 0 spiro atoms. The minimum Gasteiger partial charge on any atom is -0.340 e. The molecular formula is C11H15NO. The van der Waals surface area contributed by atoms with Gasteiger partial charge in [-0.15, -0.1) is 0 Å². The lowest BCUT2D eigenvalue weighted by molar-refractivity contribution is 0.110. The highest BCUT2D eigenvalue weighted by molar-refractivity contribution is 5.72. The maximum atomic E-state index is 10.8. The van der Waals surface area contributed by atoms with Crippen LogP contribution in [-0.2, 0) is 5.54 Å². The molecule has 70 valence electrons. The minimum atomic E-state index is 0.111. The van der Waals surface area contributed by atoms with Gasteiger partial charge in [0.25, 0.3) is 0 Å². The van der Waals surface area contributed by atoms with Crippen LogP contribution in [0.15, 0.2) is 18.3 Å². The average molecular weight is 177 g/mol. The van der Waals surface area contributed by atoms with Gasteiger partial charge in [-0.1, -0.05) is 0 Å². The molecule has 1 saturated carbocycles. The molecule has 2 nitrogen and oxygen atoms in total. The molecule has 1 heterocycles. The molecule has 0 amide bonds. The molecule has 0 atom stereocenters. The van der Waals surface area contributed by atoms with E-state index in [-0.39, 0.29) is 5.54 Å². The van der Waals surface area contributed by atoms with Crippen LogP contribution < -0.4 is 0 Å². The van der Waals surface area contributed by atoms with Crippen LogP contribution in [-0.4, -0.2) is 10.9 Å². The second-order valence-electron chi connectivity index (χ2n) is 4.35. The highest BCUT2D eigenvalue weighted by Gasteiger charge is 2.39. The monoisotopic (exact) mass is 177 g/mol. The fourth-order valence-corrected chi connectivity index (χ4v) is 2.00. The summed E-state index contributed by atoms with van der Waals surface area (Å²) in [6.07, 6.45) is 5.53. The van der Waals surface area contributed by atoms with Crippen molar-refractivity contribution >= 4 is 6.29 Å². The third kappa shape index (κ3) is 1.30. The molecule has 1 aliphatic carbocycles. The van der Waals surface area contributed by atoms with Gasteiger partial charge < -0.3 is 4.57 Å². The van der Waals surface area contributed by atoms with Crippen LogP contribution in [0.2, 0.25) is 0 Å². The molecular weight excluding hydrogens is 162 g/mol. The Hall–Kier alpha value is -1.05. The largest absolute Gasteiger partial charge is 0.340 e. The highest BCUT2D eigenvalue weighted by atomic mass is 16.1. The van der Waals surface area contributed by atoms with Crippen LogP contribution in [0, 0.1) is 5.92 Å². The minimum absolute atomic E-state index is 0.111. The van der Waals surface area contributed by atoms with Crippen molar-refractivity contribution in [1.29, 1.82) is 0 Å². The van der Waals surface area contributed by atoms with Crippen molar-refractivity contribution in [3.8, 4) is 0 Å². The summed E-state index contributed by atoms with van der Waals surface area (Å²) < 4.78 is 2.09. The first-order valence-corrected chi connectivity index (χ1v) is 4.79. The quantitative estimate of drug-likeness (QED) is 0.650. The van der Waals surface area contributed by atoms with Crippen molar-refractivity contribution in [2.45, 2.75) is 32.2 Å². The number of aromatic nitrogens is 1. The summed E-state index contributed by atoms with van der Waals surface area (Å²) in [5.41, 5.74) is 0.900. The molecule has 0 saturated heterocycles. The van der Waals surface area contributed by atoms with Crippen molar-refractivity contribution in [3.05, 3.63) is 24.0 Å². The van der Waals surface area contributed by atoms with Crippen LogP contribution in [0.5, 0.6) is 0 Å². The van der Waals surface area contributed by atoms with Gasteiger partial charge in [0.15, 0.2) is 6.29 Å². The van der Waals surface area contributed by atoms with Gasteiger partial charge in [0.05, 0.1) is 5.69 Å². The normalized spacial score (nSPS) is 17.4. The molecule has 0 aromatic carbocycles. The van der Waals surface area contributed by atoms with E-state index in [4.69, 9.17) is 0 Å². The predicted octanol–water partition coefficient (Wildman–Crippen LogP) is 2.45. The van der Waals surface area contributed by atoms with Gasteiger partial charge in [0.1, 0.15) is 0 Å². The van der Waals surface area contributed by atoms with E-state index in [2.05, 4.69) is 18.4 Å². The Morgan fingerprint density at radius 2 is 2.23 bits per heavy atom. The van der Waals surface area contributed by atoms with Crippen molar-refractivity contribution < 1.29 is 4.79 Å². The molecule has 1 aromatic heterocycles. The molecule has 1 aromatic rings. The second-order valence-corrected chi connectivity index (χ2v) is 4.35. The summed E-state index contributed by atoms with van der Waals surface area (Å²) in [6.45, 7) is 4.41. The number of hydrogen-bond donors (Lipinski definition) is 0. The maximum absolute atomic E-state index is 10.8. The highest BCUT2D eigenvalue weighted by Crippen LogP contribution is 2.44. The Morgan fingerprint density at radius 3 is 2.77 bits per heavy atom. The van der Waals surface area contributed by atoms with E-state index in [1.54, 1.807) is 0 Å². The van der Waals surface area contributed by atoms with Gasteiger partial charge in [-0.25, -0.2) is 0 Å². The molecule has 0 unspecified atom stereocenters. The summed E-state index contributed by atoms with van der Waals surface area (Å²) in [6, 6.07) is 3.81. The zero-order valence-electron chi connectivity index (χ0n) is 8.16. The first-order chi connectivity index (χ1) is 6.16. The zero-order valence-corrected chi connectivity index (χ0v) is 8.16. The van der Waals surface area contributed by atoms with Crippen molar-refractivity contribution in [2.75, 3.05) is 0 Å². The number of carbonyl (C=O) groups excluding carboxylic acids is 1. The lowest BCUT2D eigenvalue weighted by atomic mass is 9.98. The maximum Gasteiger partial charge on any atom is 0.166 e. The van der Waals surface area contributed by atoms with Gasteiger partial charge in [-0.2, -0.15) is 0 Å². The first-order valence-electron chi connectivity index (χ1n) is 4.79. The van der Waals surface area contributed by atoms with Crippen LogP contribution in [0.3, 0.4) is 0 Å². The number of carbonyl (C=O) groups is 1. The van der Waals surface area contributed by atoms with Crippen LogP contribution in [0.4, 0.5) is 0 Å². The van der Waals surface area contributed by atoms with Gasteiger partial charge in [-0.3, -0.25) is 4.79 Å². The third-order valence-electron chi connectivity index (χ3n) is 3.10. The molecule has 1 fully saturated rings. The molecule has 0 aliphatic heterocycles. The van der Waals surface area contributed by atoms with E-state index in [0.717, 1.165) is 17.9 Å².